The molecule has 0 bridgehead atoms. The summed E-state index contributed by atoms with van der Waals surface area (Å²) in [6.45, 7) is 0.993. The SMILES string of the molecule is FC(F)CN(CCCl)CCc1cccs1. The first-order chi connectivity index (χ1) is 7.22. The van der Waals surface area contributed by atoms with Crippen molar-refractivity contribution in [2.75, 3.05) is 25.5 Å². The lowest BCUT2D eigenvalue weighted by atomic mass is 10.3. The largest absolute Gasteiger partial charge is 0.296 e. The van der Waals surface area contributed by atoms with Gasteiger partial charge in [-0.2, -0.15) is 0 Å². The Labute approximate surface area is 97.7 Å². The Morgan fingerprint density at radius 2 is 2.20 bits per heavy atom. The fourth-order valence-corrected chi connectivity index (χ4v) is 2.27. The maximum absolute atomic E-state index is 12.2. The number of nitrogens with zero attached hydrogens (tertiary/aromatic N) is 1. The van der Waals surface area contributed by atoms with Crippen molar-refractivity contribution in [1.29, 1.82) is 0 Å². The topological polar surface area (TPSA) is 3.24 Å². The van der Waals surface area contributed by atoms with Gasteiger partial charge in [0.15, 0.2) is 0 Å². The van der Waals surface area contributed by atoms with Crippen LogP contribution in [0.15, 0.2) is 17.5 Å². The molecular weight excluding hydrogens is 240 g/mol. The molecule has 0 atom stereocenters. The monoisotopic (exact) mass is 253 g/mol. The minimum Gasteiger partial charge on any atom is -0.296 e. The fourth-order valence-electron chi connectivity index (χ4n) is 1.33. The number of rotatable bonds is 7. The number of hydrogen-bond acceptors (Lipinski definition) is 2. The van der Waals surface area contributed by atoms with Crippen LogP contribution < -0.4 is 0 Å². The van der Waals surface area contributed by atoms with Gasteiger partial charge in [-0.05, 0) is 17.9 Å². The third kappa shape index (κ3) is 5.44. The average molecular weight is 254 g/mol. The molecule has 0 unspecified atom stereocenters. The fraction of sp³-hybridized carbons (Fsp3) is 0.600. The molecule has 0 aromatic carbocycles. The quantitative estimate of drug-likeness (QED) is 0.675. The van der Waals surface area contributed by atoms with Crippen LogP contribution >= 0.6 is 22.9 Å². The van der Waals surface area contributed by atoms with E-state index in [1.54, 1.807) is 16.2 Å². The summed E-state index contributed by atoms with van der Waals surface area (Å²) in [5.41, 5.74) is 0. The number of thiophene rings is 1. The zero-order chi connectivity index (χ0) is 11.1. The molecule has 0 fully saturated rings. The van der Waals surface area contributed by atoms with Crippen LogP contribution in [0, 0.1) is 0 Å². The molecule has 0 radical (unpaired) electrons. The van der Waals surface area contributed by atoms with Crippen molar-refractivity contribution in [3.05, 3.63) is 22.4 Å². The Bertz CT molecular complexity index is 254. The van der Waals surface area contributed by atoms with Crippen molar-refractivity contribution in [1.82, 2.24) is 4.90 Å². The van der Waals surface area contributed by atoms with E-state index in [1.165, 1.54) is 4.88 Å². The lowest BCUT2D eigenvalue weighted by Crippen LogP contribution is -2.32. The highest BCUT2D eigenvalue weighted by atomic mass is 35.5. The van der Waals surface area contributed by atoms with Gasteiger partial charge in [-0.15, -0.1) is 22.9 Å². The van der Waals surface area contributed by atoms with Crippen molar-refractivity contribution >= 4 is 22.9 Å². The van der Waals surface area contributed by atoms with Crippen molar-refractivity contribution in [3.63, 3.8) is 0 Å². The molecule has 0 aliphatic carbocycles. The van der Waals surface area contributed by atoms with Gasteiger partial charge in [0.2, 0.25) is 0 Å². The Balaban J connectivity index is 2.30. The van der Waals surface area contributed by atoms with E-state index in [1.807, 2.05) is 17.5 Å². The van der Waals surface area contributed by atoms with E-state index < -0.39 is 6.43 Å². The maximum Gasteiger partial charge on any atom is 0.251 e. The second-order valence-electron chi connectivity index (χ2n) is 3.21. The predicted molar refractivity (Wildman–Crippen MR) is 61.2 cm³/mol. The predicted octanol–water partition coefficient (Wildman–Crippen LogP) is 3.10. The van der Waals surface area contributed by atoms with Gasteiger partial charge in [-0.1, -0.05) is 6.07 Å². The minimum absolute atomic E-state index is 0.182. The average Bonchev–Trinajstić information content (AvgIpc) is 2.66. The summed E-state index contributed by atoms with van der Waals surface area (Å²) in [5, 5.41) is 1.99. The molecule has 1 aromatic heterocycles. The molecule has 0 aliphatic heterocycles. The summed E-state index contributed by atoms with van der Waals surface area (Å²) in [4.78, 5) is 2.93. The van der Waals surface area contributed by atoms with Gasteiger partial charge in [0.1, 0.15) is 0 Å². The second kappa shape index (κ2) is 7.14. The normalized spacial score (nSPS) is 11.5. The first-order valence-corrected chi connectivity index (χ1v) is 6.22. The van der Waals surface area contributed by atoms with Crippen molar-refractivity contribution in [2.45, 2.75) is 12.8 Å². The Kier molecular flexibility index (Phi) is 6.13. The summed E-state index contributed by atoms with van der Waals surface area (Å²) in [6.07, 6.45) is -1.46. The van der Waals surface area contributed by atoms with E-state index in [2.05, 4.69) is 0 Å². The number of alkyl halides is 3. The summed E-state index contributed by atoms with van der Waals surface area (Å²) >= 11 is 7.21. The summed E-state index contributed by atoms with van der Waals surface area (Å²) in [5.74, 6) is 0.400. The highest BCUT2D eigenvalue weighted by molar-refractivity contribution is 7.09. The van der Waals surface area contributed by atoms with Crippen LogP contribution in [0.4, 0.5) is 8.78 Å². The van der Waals surface area contributed by atoms with Crippen LogP contribution in [-0.2, 0) is 6.42 Å². The van der Waals surface area contributed by atoms with E-state index in [-0.39, 0.29) is 6.54 Å². The minimum atomic E-state index is -2.28. The summed E-state index contributed by atoms with van der Waals surface area (Å²) < 4.78 is 24.4. The van der Waals surface area contributed by atoms with Crippen LogP contribution in [0.5, 0.6) is 0 Å². The first kappa shape index (κ1) is 12.9. The lowest BCUT2D eigenvalue weighted by molar-refractivity contribution is 0.0918. The van der Waals surface area contributed by atoms with Crippen molar-refractivity contribution in [3.8, 4) is 0 Å². The molecule has 15 heavy (non-hydrogen) atoms. The third-order valence-corrected chi connectivity index (χ3v) is 3.16. The lowest BCUT2D eigenvalue weighted by Gasteiger charge is -2.20. The van der Waals surface area contributed by atoms with Crippen molar-refractivity contribution in [2.24, 2.45) is 0 Å². The standard InChI is InChI=1S/C10H14ClF2NS/c11-4-6-14(8-10(12)13)5-3-9-2-1-7-15-9/h1-2,7,10H,3-6,8H2. The molecule has 0 N–H and O–H groups in total. The van der Waals surface area contributed by atoms with E-state index in [0.717, 1.165) is 6.42 Å². The molecule has 0 spiro atoms. The molecule has 1 rings (SSSR count). The molecule has 1 nitrogen and oxygen atoms in total. The molecule has 86 valence electrons. The molecule has 0 saturated carbocycles. The second-order valence-corrected chi connectivity index (χ2v) is 4.62. The molecule has 0 amide bonds. The Morgan fingerprint density at radius 3 is 2.73 bits per heavy atom. The number of hydrogen-bond donors (Lipinski definition) is 0. The van der Waals surface area contributed by atoms with Gasteiger partial charge in [0.25, 0.3) is 6.43 Å². The van der Waals surface area contributed by atoms with Gasteiger partial charge in [0.05, 0.1) is 6.54 Å². The Morgan fingerprint density at radius 1 is 1.40 bits per heavy atom. The van der Waals surface area contributed by atoms with Crippen LogP contribution in [0.2, 0.25) is 0 Å². The molecule has 0 aliphatic rings. The van der Waals surface area contributed by atoms with Gasteiger partial charge in [-0.25, -0.2) is 8.78 Å². The van der Waals surface area contributed by atoms with Gasteiger partial charge < -0.3 is 0 Å². The summed E-state index contributed by atoms with van der Waals surface area (Å²) in [6, 6.07) is 3.99. The zero-order valence-electron chi connectivity index (χ0n) is 8.33. The van der Waals surface area contributed by atoms with E-state index in [9.17, 15) is 8.78 Å². The van der Waals surface area contributed by atoms with E-state index in [0.29, 0.717) is 19.0 Å². The van der Waals surface area contributed by atoms with Crippen LogP contribution in [0.1, 0.15) is 4.88 Å². The molecular formula is C10H14ClF2NS. The first-order valence-electron chi connectivity index (χ1n) is 4.81. The molecule has 0 saturated heterocycles. The highest BCUT2D eigenvalue weighted by Crippen LogP contribution is 2.10. The molecule has 1 heterocycles. The van der Waals surface area contributed by atoms with Crippen LogP contribution in [-0.4, -0.2) is 36.8 Å². The van der Waals surface area contributed by atoms with Gasteiger partial charge in [-0.3, -0.25) is 4.90 Å². The smallest absolute Gasteiger partial charge is 0.251 e. The van der Waals surface area contributed by atoms with E-state index in [4.69, 9.17) is 11.6 Å². The summed E-state index contributed by atoms with van der Waals surface area (Å²) in [7, 11) is 0. The zero-order valence-corrected chi connectivity index (χ0v) is 9.91. The third-order valence-electron chi connectivity index (χ3n) is 2.05. The van der Waals surface area contributed by atoms with Crippen molar-refractivity contribution < 1.29 is 8.78 Å². The highest BCUT2D eigenvalue weighted by Gasteiger charge is 2.11. The van der Waals surface area contributed by atoms with Gasteiger partial charge in [0, 0.05) is 23.8 Å². The maximum atomic E-state index is 12.2. The van der Waals surface area contributed by atoms with Gasteiger partial charge >= 0.3 is 0 Å². The molecule has 5 heteroatoms. The number of halogens is 3. The Hall–Kier alpha value is -0.190. The van der Waals surface area contributed by atoms with Crippen LogP contribution in [0.25, 0.3) is 0 Å². The van der Waals surface area contributed by atoms with Crippen LogP contribution in [0.3, 0.4) is 0 Å². The van der Waals surface area contributed by atoms with E-state index >= 15 is 0 Å². The molecule has 1 aromatic rings.